The molecule has 0 fully saturated rings. The molecule has 0 aliphatic heterocycles. The van der Waals surface area contributed by atoms with Crippen molar-refractivity contribution in [2.75, 3.05) is 13.7 Å². The van der Waals surface area contributed by atoms with E-state index in [1.54, 1.807) is 0 Å². The molecule has 1 rings (SSSR count). The highest BCUT2D eigenvalue weighted by Gasteiger charge is 2.20. The zero-order chi connectivity index (χ0) is 13.5. The summed E-state index contributed by atoms with van der Waals surface area (Å²) in [5.74, 6) is -1.13. The van der Waals surface area contributed by atoms with Gasteiger partial charge in [-0.25, -0.2) is 9.59 Å². The van der Waals surface area contributed by atoms with Crippen LogP contribution in [0.1, 0.15) is 18.5 Å². The number of nitrogens with one attached hydrogen (secondary N) is 2. The van der Waals surface area contributed by atoms with Crippen LogP contribution in [0.5, 0.6) is 0 Å². The third-order valence-corrected chi connectivity index (χ3v) is 3.03. The molecule has 0 bridgehead atoms. The van der Waals surface area contributed by atoms with Crippen LogP contribution in [0.25, 0.3) is 0 Å². The van der Waals surface area contributed by atoms with Gasteiger partial charge in [0, 0.05) is 7.11 Å². The van der Waals surface area contributed by atoms with Gasteiger partial charge in [-0.15, -0.1) is 0 Å². The van der Waals surface area contributed by atoms with E-state index in [-0.39, 0.29) is 12.6 Å². The lowest BCUT2D eigenvalue weighted by molar-refractivity contribution is -0.140. The molecule has 3 N–H and O–H groups in total. The summed E-state index contributed by atoms with van der Waals surface area (Å²) < 4.78 is 4.72. The molecule has 0 aliphatic rings. The van der Waals surface area contributed by atoms with E-state index in [9.17, 15) is 9.59 Å². The number of amides is 2. The lowest BCUT2D eigenvalue weighted by Crippen LogP contribution is -2.48. The van der Waals surface area contributed by atoms with Crippen molar-refractivity contribution in [3.63, 3.8) is 0 Å². The minimum absolute atomic E-state index is 0.0738. The van der Waals surface area contributed by atoms with Gasteiger partial charge in [-0.2, -0.15) is 11.3 Å². The summed E-state index contributed by atoms with van der Waals surface area (Å²) in [6, 6.07) is 0.149. The average Bonchev–Trinajstić information content (AvgIpc) is 2.81. The van der Waals surface area contributed by atoms with Crippen LogP contribution in [0.3, 0.4) is 0 Å². The van der Waals surface area contributed by atoms with Gasteiger partial charge in [-0.1, -0.05) is 0 Å². The zero-order valence-electron chi connectivity index (χ0n) is 10.2. The molecule has 100 valence electrons. The average molecular weight is 272 g/mol. The van der Waals surface area contributed by atoms with Crippen molar-refractivity contribution < 1.29 is 19.4 Å². The molecule has 0 aromatic carbocycles. The maximum atomic E-state index is 11.6. The Bertz CT molecular complexity index is 394. The van der Waals surface area contributed by atoms with Crippen molar-refractivity contribution >= 4 is 23.3 Å². The summed E-state index contributed by atoms with van der Waals surface area (Å²) in [7, 11) is 1.38. The number of rotatable bonds is 6. The van der Waals surface area contributed by atoms with Gasteiger partial charge in [0.25, 0.3) is 0 Å². The van der Waals surface area contributed by atoms with E-state index in [0.717, 1.165) is 5.56 Å². The molecule has 0 radical (unpaired) electrons. The number of hydrogen-bond donors (Lipinski definition) is 3. The van der Waals surface area contributed by atoms with E-state index in [0.29, 0.717) is 0 Å². The van der Waals surface area contributed by atoms with Gasteiger partial charge in [0.2, 0.25) is 0 Å². The minimum atomic E-state index is -1.13. The molecule has 0 saturated carbocycles. The van der Waals surface area contributed by atoms with Crippen molar-refractivity contribution in [3.05, 3.63) is 22.4 Å². The second-order valence-electron chi connectivity index (χ2n) is 3.74. The number of methoxy groups -OCH3 is 1. The quantitative estimate of drug-likeness (QED) is 0.726. The van der Waals surface area contributed by atoms with Crippen LogP contribution >= 0.6 is 11.3 Å². The van der Waals surface area contributed by atoms with Gasteiger partial charge >= 0.3 is 12.0 Å². The summed E-state index contributed by atoms with van der Waals surface area (Å²) in [6.07, 6.45) is 0. The van der Waals surface area contributed by atoms with Crippen LogP contribution in [-0.2, 0) is 9.53 Å². The zero-order valence-corrected chi connectivity index (χ0v) is 11.0. The van der Waals surface area contributed by atoms with Crippen LogP contribution in [0, 0.1) is 0 Å². The molecule has 0 spiro atoms. The van der Waals surface area contributed by atoms with E-state index in [2.05, 4.69) is 10.6 Å². The standard InChI is InChI=1S/C11H16N2O4S/c1-7(8-3-4-18-6-8)12-11(16)13-9(5-17-2)10(14)15/h3-4,6-7,9H,5H2,1-2H3,(H,14,15)(H2,12,13,16). The predicted molar refractivity (Wildman–Crippen MR) is 67.7 cm³/mol. The SMILES string of the molecule is COCC(NC(=O)NC(C)c1ccsc1)C(=O)O. The van der Waals surface area contributed by atoms with Gasteiger partial charge in [-0.05, 0) is 29.3 Å². The topological polar surface area (TPSA) is 87.7 Å². The number of ether oxygens (including phenoxy) is 1. The number of carboxylic acids is 1. The van der Waals surface area contributed by atoms with Crippen molar-refractivity contribution in [2.45, 2.75) is 19.0 Å². The van der Waals surface area contributed by atoms with Crippen LogP contribution in [0.2, 0.25) is 0 Å². The molecule has 0 saturated heterocycles. The lowest BCUT2D eigenvalue weighted by Gasteiger charge is -2.17. The highest BCUT2D eigenvalue weighted by Crippen LogP contribution is 2.15. The number of carbonyl (C=O) groups excluding carboxylic acids is 1. The number of urea groups is 1. The Labute approximate surface area is 109 Å². The van der Waals surface area contributed by atoms with E-state index >= 15 is 0 Å². The summed E-state index contributed by atoms with van der Waals surface area (Å²) in [4.78, 5) is 22.4. The summed E-state index contributed by atoms with van der Waals surface area (Å²) in [5.41, 5.74) is 0.980. The third kappa shape index (κ3) is 4.34. The molecular formula is C11H16N2O4S. The van der Waals surface area contributed by atoms with Gasteiger partial charge < -0.3 is 20.5 Å². The van der Waals surface area contributed by atoms with Crippen molar-refractivity contribution in [1.29, 1.82) is 0 Å². The number of carbonyl (C=O) groups is 2. The van der Waals surface area contributed by atoms with Crippen LogP contribution in [0.4, 0.5) is 4.79 Å². The van der Waals surface area contributed by atoms with E-state index < -0.39 is 18.0 Å². The Hall–Kier alpha value is -1.60. The lowest BCUT2D eigenvalue weighted by atomic mass is 10.2. The first-order valence-electron chi connectivity index (χ1n) is 5.35. The molecule has 6 nitrogen and oxygen atoms in total. The second kappa shape index (κ2) is 6.97. The molecule has 0 aliphatic carbocycles. The Morgan fingerprint density at radius 1 is 1.50 bits per heavy atom. The highest BCUT2D eigenvalue weighted by molar-refractivity contribution is 7.07. The molecular weight excluding hydrogens is 256 g/mol. The fraction of sp³-hybridized carbons (Fsp3) is 0.455. The number of hydrogen-bond acceptors (Lipinski definition) is 4. The Morgan fingerprint density at radius 2 is 2.22 bits per heavy atom. The predicted octanol–water partition coefficient (Wildman–Crippen LogP) is 1.21. The van der Waals surface area contributed by atoms with Crippen molar-refractivity contribution in [2.24, 2.45) is 0 Å². The highest BCUT2D eigenvalue weighted by atomic mass is 32.1. The normalized spacial score (nSPS) is 13.7. The van der Waals surface area contributed by atoms with Crippen molar-refractivity contribution in [3.8, 4) is 0 Å². The van der Waals surface area contributed by atoms with Crippen LogP contribution < -0.4 is 10.6 Å². The Balaban J connectivity index is 2.47. The molecule has 18 heavy (non-hydrogen) atoms. The molecule has 1 heterocycles. The van der Waals surface area contributed by atoms with Gasteiger partial charge in [0.1, 0.15) is 0 Å². The maximum Gasteiger partial charge on any atom is 0.328 e. The fourth-order valence-corrected chi connectivity index (χ4v) is 2.10. The van der Waals surface area contributed by atoms with Crippen LogP contribution in [0.15, 0.2) is 16.8 Å². The second-order valence-corrected chi connectivity index (χ2v) is 4.52. The smallest absolute Gasteiger partial charge is 0.328 e. The van der Waals surface area contributed by atoms with Gasteiger partial charge in [0.05, 0.1) is 12.6 Å². The van der Waals surface area contributed by atoms with E-state index in [1.165, 1.54) is 18.4 Å². The molecule has 2 atom stereocenters. The summed E-state index contributed by atoms with van der Waals surface area (Å²) in [6.45, 7) is 1.75. The first-order valence-corrected chi connectivity index (χ1v) is 6.29. The first-order chi connectivity index (χ1) is 8.54. The molecule has 2 amide bonds. The summed E-state index contributed by atoms with van der Waals surface area (Å²) in [5, 5.41) is 17.7. The number of aliphatic carboxylic acids is 1. The van der Waals surface area contributed by atoms with Crippen molar-refractivity contribution in [1.82, 2.24) is 10.6 Å². The fourth-order valence-electron chi connectivity index (χ4n) is 1.34. The largest absolute Gasteiger partial charge is 0.480 e. The third-order valence-electron chi connectivity index (χ3n) is 2.33. The molecule has 1 aromatic rings. The number of carboxylic acid groups (broad SMARTS) is 1. The first kappa shape index (κ1) is 14.5. The Kier molecular flexibility index (Phi) is 5.60. The number of thiophene rings is 1. The van der Waals surface area contributed by atoms with Gasteiger partial charge in [-0.3, -0.25) is 0 Å². The molecule has 1 aromatic heterocycles. The molecule has 2 unspecified atom stereocenters. The minimum Gasteiger partial charge on any atom is -0.480 e. The molecule has 7 heteroatoms. The Morgan fingerprint density at radius 3 is 2.72 bits per heavy atom. The maximum absolute atomic E-state index is 11.6. The van der Waals surface area contributed by atoms with Crippen LogP contribution in [-0.4, -0.2) is 36.9 Å². The van der Waals surface area contributed by atoms with E-state index in [1.807, 2.05) is 23.8 Å². The van der Waals surface area contributed by atoms with Gasteiger partial charge in [0.15, 0.2) is 6.04 Å². The summed E-state index contributed by atoms with van der Waals surface area (Å²) >= 11 is 1.54. The van der Waals surface area contributed by atoms with E-state index in [4.69, 9.17) is 9.84 Å². The monoisotopic (exact) mass is 272 g/mol.